The molecule has 0 spiro atoms. The molecular formula is C14H18ClN5. The highest BCUT2D eigenvalue weighted by Crippen LogP contribution is 2.23. The lowest BCUT2D eigenvalue weighted by atomic mass is 10.2. The van der Waals surface area contributed by atoms with E-state index in [0.29, 0.717) is 16.8 Å². The second kappa shape index (κ2) is 6.52. The zero-order valence-corrected chi connectivity index (χ0v) is 12.6. The first-order chi connectivity index (χ1) is 9.63. The van der Waals surface area contributed by atoms with Crippen LogP contribution in [0.3, 0.4) is 0 Å². The molecule has 0 aliphatic rings. The first-order valence-electron chi connectivity index (χ1n) is 6.61. The van der Waals surface area contributed by atoms with Crippen molar-refractivity contribution in [1.82, 2.24) is 15.2 Å². The van der Waals surface area contributed by atoms with Crippen molar-refractivity contribution < 1.29 is 0 Å². The molecule has 0 amide bonds. The van der Waals surface area contributed by atoms with E-state index in [9.17, 15) is 0 Å². The number of benzene rings is 1. The van der Waals surface area contributed by atoms with Gasteiger partial charge in [0.25, 0.3) is 0 Å². The molecule has 0 saturated carbocycles. The largest absolute Gasteiger partial charge is 0.340 e. The van der Waals surface area contributed by atoms with Crippen molar-refractivity contribution in [2.75, 3.05) is 23.3 Å². The van der Waals surface area contributed by atoms with Gasteiger partial charge in [-0.25, -0.2) is 0 Å². The summed E-state index contributed by atoms with van der Waals surface area (Å²) in [5.41, 5.74) is 2.01. The molecule has 1 heterocycles. The van der Waals surface area contributed by atoms with Gasteiger partial charge in [0.15, 0.2) is 5.82 Å². The molecule has 0 aliphatic heterocycles. The number of rotatable bonds is 5. The molecule has 0 fully saturated rings. The number of nitrogens with zero attached hydrogens (tertiary/aromatic N) is 4. The van der Waals surface area contributed by atoms with Crippen molar-refractivity contribution in [2.45, 2.75) is 20.8 Å². The van der Waals surface area contributed by atoms with Crippen molar-refractivity contribution >= 4 is 29.1 Å². The van der Waals surface area contributed by atoms with Gasteiger partial charge >= 0.3 is 0 Å². The van der Waals surface area contributed by atoms with E-state index in [0.717, 1.165) is 24.3 Å². The maximum atomic E-state index is 6.01. The van der Waals surface area contributed by atoms with E-state index in [-0.39, 0.29) is 0 Å². The van der Waals surface area contributed by atoms with Crippen LogP contribution in [0.4, 0.5) is 17.5 Å². The fourth-order valence-electron chi connectivity index (χ4n) is 1.86. The number of aryl methyl sites for hydroxylation is 1. The molecule has 5 nitrogen and oxygen atoms in total. The molecule has 0 atom stereocenters. The van der Waals surface area contributed by atoms with Crippen molar-refractivity contribution in [2.24, 2.45) is 0 Å². The molecule has 106 valence electrons. The standard InChI is InChI=1S/C14H18ClN5/c1-4-20(5-2)14-18-13(9-16-19-14)17-12-8-11(15)7-6-10(12)3/h6-9H,4-5H2,1-3H3,(H,17,18,19). The Hall–Kier alpha value is -1.88. The first-order valence-corrected chi connectivity index (χ1v) is 6.99. The van der Waals surface area contributed by atoms with Gasteiger partial charge in [-0.2, -0.15) is 10.1 Å². The highest BCUT2D eigenvalue weighted by atomic mass is 35.5. The van der Waals surface area contributed by atoms with Crippen LogP contribution in [0, 0.1) is 6.92 Å². The molecule has 0 radical (unpaired) electrons. The molecule has 6 heteroatoms. The molecule has 1 aromatic carbocycles. The molecule has 2 rings (SSSR count). The van der Waals surface area contributed by atoms with Gasteiger partial charge < -0.3 is 10.2 Å². The Morgan fingerprint density at radius 3 is 2.70 bits per heavy atom. The van der Waals surface area contributed by atoms with E-state index in [4.69, 9.17) is 11.6 Å². The topological polar surface area (TPSA) is 53.9 Å². The van der Waals surface area contributed by atoms with Gasteiger partial charge in [0.1, 0.15) is 0 Å². The quantitative estimate of drug-likeness (QED) is 0.915. The highest BCUT2D eigenvalue weighted by Gasteiger charge is 2.08. The molecule has 0 aliphatic carbocycles. The monoisotopic (exact) mass is 291 g/mol. The van der Waals surface area contributed by atoms with E-state index >= 15 is 0 Å². The molecule has 1 N–H and O–H groups in total. The minimum atomic E-state index is 0.625. The summed E-state index contributed by atoms with van der Waals surface area (Å²) in [5.74, 6) is 1.28. The average Bonchev–Trinajstić information content (AvgIpc) is 2.45. The van der Waals surface area contributed by atoms with E-state index in [1.165, 1.54) is 0 Å². The summed E-state index contributed by atoms with van der Waals surface area (Å²) in [6, 6.07) is 5.70. The van der Waals surface area contributed by atoms with E-state index in [2.05, 4.69) is 34.3 Å². The van der Waals surface area contributed by atoms with Crippen LogP contribution in [-0.2, 0) is 0 Å². The summed E-state index contributed by atoms with van der Waals surface area (Å²) in [6.45, 7) is 7.83. The minimum absolute atomic E-state index is 0.625. The van der Waals surface area contributed by atoms with Crippen LogP contribution in [0.1, 0.15) is 19.4 Å². The molecule has 0 unspecified atom stereocenters. The van der Waals surface area contributed by atoms with Crippen LogP contribution in [-0.4, -0.2) is 28.3 Å². The van der Waals surface area contributed by atoms with Crippen molar-refractivity contribution in [3.05, 3.63) is 35.0 Å². The summed E-state index contributed by atoms with van der Waals surface area (Å²) in [4.78, 5) is 6.52. The second-order valence-electron chi connectivity index (χ2n) is 4.40. The zero-order chi connectivity index (χ0) is 14.5. The van der Waals surface area contributed by atoms with Gasteiger partial charge in [0, 0.05) is 23.8 Å². The number of aromatic nitrogens is 3. The minimum Gasteiger partial charge on any atom is -0.340 e. The average molecular weight is 292 g/mol. The Morgan fingerprint density at radius 1 is 1.25 bits per heavy atom. The first kappa shape index (κ1) is 14.5. The number of hydrogen-bond acceptors (Lipinski definition) is 5. The van der Waals surface area contributed by atoms with E-state index in [1.807, 2.05) is 30.0 Å². The predicted molar refractivity (Wildman–Crippen MR) is 82.9 cm³/mol. The third-order valence-electron chi connectivity index (χ3n) is 3.06. The third kappa shape index (κ3) is 3.36. The smallest absolute Gasteiger partial charge is 0.247 e. The van der Waals surface area contributed by atoms with Crippen LogP contribution < -0.4 is 10.2 Å². The summed E-state index contributed by atoms with van der Waals surface area (Å²) in [6.07, 6.45) is 1.60. The Bertz CT molecular complexity index is 584. The lowest BCUT2D eigenvalue weighted by Gasteiger charge is -2.18. The molecule has 1 aromatic heterocycles. The number of anilines is 3. The fraction of sp³-hybridized carbons (Fsp3) is 0.357. The predicted octanol–water partition coefficient (Wildman–Crippen LogP) is 3.42. The van der Waals surface area contributed by atoms with Crippen molar-refractivity contribution in [1.29, 1.82) is 0 Å². The van der Waals surface area contributed by atoms with Gasteiger partial charge in [0.05, 0.1) is 6.20 Å². The van der Waals surface area contributed by atoms with Gasteiger partial charge in [-0.15, -0.1) is 5.10 Å². The Morgan fingerprint density at radius 2 is 2.00 bits per heavy atom. The van der Waals surface area contributed by atoms with Crippen LogP contribution >= 0.6 is 11.6 Å². The lowest BCUT2D eigenvalue weighted by Crippen LogP contribution is -2.24. The molecular weight excluding hydrogens is 274 g/mol. The van der Waals surface area contributed by atoms with E-state index in [1.54, 1.807) is 6.20 Å². The van der Waals surface area contributed by atoms with Crippen molar-refractivity contribution in [3.63, 3.8) is 0 Å². The lowest BCUT2D eigenvalue weighted by molar-refractivity contribution is 0.796. The summed E-state index contributed by atoms with van der Waals surface area (Å²) in [7, 11) is 0. The summed E-state index contributed by atoms with van der Waals surface area (Å²) >= 11 is 6.01. The Kier molecular flexibility index (Phi) is 4.74. The van der Waals surface area contributed by atoms with Crippen LogP contribution in [0.5, 0.6) is 0 Å². The third-order valence-corrected chi connectivity index (χ3v) is 3.29. The Balaban J connectivity index is 2.25. The van der Waals surface area contributed by atoms with Gasteiger partial charge in [-0.3, -0.25) is 0 Å². The number of halogens is 1. The highest BCUT2D eigenvalue weighted by molar-refractivity contribution is 6.30. The zero-order valence-electron chi connectivity index (χ0n) is 11.9. The summed E-state index contributed by atoms with van der Waals surface area (Å²) in [5, 5.41) is 12.0. The number of nitrogens with one attached hydrogen (secondary N) is 1. The molecule has 0 bridgehead atoms. The SMILES string of the molecule is CCN(CC)c1nncc(Nc2cc(Cl)ccc2C)n1. The summed E-state index contributed by atoms with van der Waals surface area (Å²) < 4.78 is 0. The fourth-order valence-corrected chi connectivity index (χ4v) is 2.03. The van der Waals surface area contributed by atoms with Gasteiger partial charge in [-0.1, -0.05) is 17.7 Å². The second-order valence-corrected chi connectivity index (χ2v) is 4.83. The maximum Gasteiger partial charge on any atom is 0.247 e. The van der Waals surface area contributed by atoms with E-state index < -0.39 is 0 Å². The molecule has 2 aromatic rings. The van der Waals surface area contributed by atoms with Gasteiger partial charge in [-0.05, 0) is 38.5 Å². The van der Waals surface area contributed by atoms with Crippen molar-refractivity contribution in [3.8, 4) is 0 Å². The Labute approximate surface area is 124 Å². The normalized spacial score (nSPS) is 10.4. The van der Waals surface area contributed by atoms with Crippen LogP contribution in [0.25, 0.3) is 0 Å². The molecule has 20 heavy (non-hydrogen) atoms. The van der Waals surface area contributed by atoms with Crippen LogP contribution in [0.15, 0.2) is 24.4 Å². The van der Waals surface area contributed by atoms with Gasteiger partial charge in [0.2, 0.25) is 5.95 Å². The molecule has 0 saturated heterocycles. The maximum absolute atomic E-state index is 6.01. The van der Waals surface area contributed by atoms with Crippen LogP contribution in [0.2, 0.25) is 5.02 Å². The number of hydrogen-bond donors (Lipinski definition) is 1.